The highest BCUT2D eigenvalue weighted by atomic mass is 16.6. The molecule has 1 fully saturated rings. The lowest BCUT2D eigenvalue weighted by Crippen LogP contribution is -2.45. The molecule has 1 aromatic carbocycles. The molecule has 0 aliphatic heterocycles. The van der Waals surface area contributed by atoms with E-state index in [2.05, 4.69) is 17.6 Å². The van der Waals surface area contributed by atoms with Gasteiger partial charge in [0, 0.05) is 12.6 Å². The third-order valence-corrected chi connectivity index (χ3v) is 2.83. The summed E-state index contributed by atoms with van der Waals surface area (Å²) >= 11 is 0. The van der Waals surface area contributed by atoms with E-state index in [4.69, 9.17) is 9.57 Å². The lowest BCUT2D eigenvalue weighted by molar-refractivity contribution is -0.0749. The van der Waals surface area contributed by atoms with Gasteiger partial charge in [0.25, 0.3) is 0 Å². The zero-order valence-electron chi connectivity index (χ0n) is 9.69. The van der Waals surface area contributed by atoms with Crippen LogP contribution >= 0.6 is 0 Å². The summed E-state index contributed by atoms with van der Waals surface area (Å²) in [4.78, 5) is 5.44. The third kappa shape index (κ3) is 3.30. The number of hydrogen-bond donors (Lipinski definition) is 1. The van der Waals surface area contributed by atoms with Crippen LogP contribution in [-0.2, 0) is 16.2 Å². The molecular weight excluding hydrogens is 202 g/mol. The van der Waals surface area contributed by atoms with Gasteiger partial charge < -0.3 is 4.74 Å². The first kappa shape index (κ1) is 11.6. The second-order valence-corrected chi connectivity index (χ2v) is 4.14. The molecule has 0 heterocycles. The van der Waals surface area contributed by atoms with Gasteiger partial charge in [0.15, 0.2) is 0 Å². The number of nitrogens with one attached hydrogen (secondary N) is 1. The van der Waals surface area contributed by atoms with E-state index in [9.17, 15) is 0 Å². The van der Waals surface area contributed by atoms with Gasteiger partial charge in [0.05, 0.1) is 12.7 Å². The molecule has 0 aromatic heterocycles. The van der Waals surface area contributed by atoms with Gasteiger partial charge in [-0.15, -0.1) is 0 Å². The van der Waals surface area contributed by atoms with Crippen LogP contribution in [0.3, 0.4) is 0 Å². The summed E-state index contributed by atoms with van der Waals surface area (Å²) in [7, 11) is 0. The van der Waals surface area contributed by atoms with E-state index in [0.717, 1.165) is 19.4 Å². The Morgan fingerprint density at radius 2 is 2.00 bits per heavy atom. The summed E-state index contributed by atoms with van der Waals surface area (Å²) in [6.45, 7) is 3.46. The zero-order chi connectivity index (χ0) is 11.2. The van der Waals surface area contributed by atoms with Crippen molar-refractivity contribution in [1.29, 1.82) is 0 Å². The molecule has 0 atom stereocenters. The number of hydroxylamine groups is 1. The van der Waals surface area contributed by atoms with Gasteiger partial charge in [0.1, 0.15) is 0 Å². The lowest BCUT2D eigenvalue weighted by Gasteiger charge is -2.34. The van der Waals surface area contributed by atoms with Crippen LogP contribution in [0.25, 0.3) is 0 Å². The van der Waals surface area contributed by atoms with Gasteiger partial charge in [-0.05, 0) is 25.3 Å². The molecule has 2 rings (SSSR count). The molecule has 1 aliphatic carbocycles. The molecule has 3 heteroatoms. The smallest absolute Gasteiger partial charge is 0.0933 e. The van der Waals surface area contributed by atoms with E-state index in [1.165, 1.54) is 5.56 Å². The summed E-state index contributed by atoms with van der Waals surface area (Å²) in [5.74, 6) is 0. The molecule has 0 bridgehead atoms. The average Bonchev–Trinajstić information content (AvgIpc) is 2.27. The Labute approximate surface area is 96.7 Å². The molecule has 3 nitrogen and oxygen atoms in total. The number of ether oxygens (including phenoxy) is 1. The van der Waals surface area contributed by atoms with E-state index in [-0.39, 0.29) is 0 Å². The Morgan fingerprint density at radius 1 is 1.25 bits per heavy atom. The second-order valence-electron chi connectivity index (χ2n) is 4.14. The predicted octanol–water partition coefficient (Wildman–Crippen LogP) is 2.28. The zero-order valence-corrected chi connectivity index (χ0v) is 9.69. The minimum atomic E-state index is 0.433. The van der Waals surface area contributed by atoms with E-state index in [1.807, 2.05) is 25.1 Å². The molecule has 0 amide bonds. The van der Waals surface area contributed by atoms with Crippen molar-refractivity contribution in [3.05, 3.63) is 35.9 Å². The fourth-order valence-electron chi connectivity index (χ4n) is 1.85. The number of rotatable bonds is 6. The van der Waals surface area contributed by atoms with Crippen LogP contribution < -0.4 is 5.48 Å². The molecule has 0 radical (unpaired) electrons. The van der Waals surface area contributed by atoms with Gasteiger partial charge in [-0.2, -0.15) is 5.48 Å². The quantitative estimate of drug-likeness (QED) is 0.747. The van der Waals surface area contributed by atoms with Crippen molar-refractivity contribution in [2.45, 2.75) is 38.5 Å². The first-order chi connectivity index (χ1) is 7.88. The van der Waals surface area contributed by atoms with E-state index in [0.29, 0.717) is 18.8 Å². The maximum Gasteiger partial charge on any atom is 0.0933 e. The molecule has 0 unspecified atom stereocenters. The maximum absolute atomic E-state index is 5.48. The highest BCUT2D eigenvalue weighted by Crippen LogP contribution is 2.23. The molecular formula is C13H19NO2. The number of benzene rings is 1. The van der Waals surface area contributed by atoms with E-state index >= 15 is 0 Å². The van der Waals surface area contributed by atoms with Crippen LogP contribution in [0.2, 0.25) is 0 Å². The van der Waals surface area contributed by atoms with E-state index in [1.54, 1.807) is 0 Å². The van der Waals surface area contributed by atoms with Crippen LogP contribution in [0.1, 0.15) is 25.3 Å². The van der Waals surface area contributed by atoms with Crippen LogP contribution in [0.15, 0.2) is 30.3 Å². The average molecular weight is 221 g/mol. The molecule has 1 aliphatic rings. The van der Waals surface area contributed by atoms with Crippen molar-refractivity contribution in [1.82, 2.24) is 5.48 Å². The predicted molar refractivity (Wildman–Crippen MR) is 62.8 cm³/mol. The Balaban J connectivity index is 1.57. The first-order valence-electron chi connectivity index (χ1n) is 5.91. The van der Waals surface area contributed by atoms with Gasteiger partial charge in [-0.3, -0.25) is 4.84 Å². The van der Waals surface area contributed by atoms with Gasteiger partial charge in [-0.25, -0.2) is 0 Å². The standard InChI is InChI=1S/C13H19NO2/c1-2-15-13-8-12(9-13)14-16-10-11-6-4-3-5-7-11/h3-7,12-14H,2,8-10H2,1H3. The largest absolute Gasteiger partial charge is 0.378 e. The Kier molecular flexibility index (Phi) is 4.34. The second kappa shape index (κ2) is 5.99. The Hall–Kier alpha value is -0.900. The molecule has 1 aromatic rings. The summed E-state index contributed by atoms with van der Waals surface area (Å²) in [6, 6.07) is 10.6. The fraction of sp³-hybridized carbons (Fsp3) is 0.538. The van der Waals surface area contributed by atoms with Crippen molar-refractivity contribution in [3.8, 4) is 0 Å². The van der Waals surface area contributed by atoms with Crippen molar-refractivity contribution in [3.63, 3.8) is 0 Å². The van der Waals surface area contributed by atoms with Gasteiger partial charge in [-0.1, -0.05) is 30.3 Å². The third-order valence-electron chi connectivity index (χ3n) is 2.83. The lowest BCUT2D eigenvalue weighted by atomic mass is 9.90. The van der Waals surface area contributed by atoms with Crippen molar-refractivity contribution in [2.75, 3.05) is 6.61 Å². The summed E-state index contributed by atoms with van der Waals surface area (Å²) in [5.41, 5.74) is 4.27. The van der Waals surface area contributed by atoms with Crippen LogP contribution in [-0.4, -0.2) is 18.8 Å². The highest BCUT2D eigenvalue weighted by Gasteiger charge is 2.29. The molecule has 0 spiro atoms. The minimum absolute atomic E-state index is 0.433. The molecule has 1 N–H and O–H groups in total. The van der Waals surface area contributed by atoms with Crippen molar-refractivity contribution >= 4 is 0 Å². The van der Waals surface area contributed by atoms with Crippen molar-refractivity contribution in [2.24, 2.45) is 0 Å². The minimum Gasteiger partial charge on any atom is -0.378 e. The van der Waals surface area contributed by atoms with Crippen LogP contribution in [0, 0.1) is 0 Å². The molecule has 88 valence electrons. The molecule has 16 heavy (non-hydrogen) atoms. The molecule has 0 saturated heterocycles. The fourth-order valence-corrected chi connectivity index (χ4v) is 1.85. The monoisotopic (exact) mass is 221 g/mol. The van der Waals surface area contributed by atoms with Gasteiger partial charge >= 0.3 is 0 Å². The van der Waals surface area contributed by atoms with Gasteiger partial charge in [0.2, 0.25) is 0 Å². The summed E-state index contributed by atoms with van der Waals surface area (Å²) in [6.07, 6.45) is 2.55. The topological polar surface area (TPSA) is 30.5 Å². The highest BCUT2D eigenvalue weighted by molar-refractivity contribution is 5.13. The van der Waals surface area contributed by atoms with Crippen molar-refractivity contribution < 1.29 is 9.57 Å². The maximum atomic E-state index is 5.48. The Bertz CT molecular complexity index is 296. The molecule has 1 saturated carbocycles. The van der Waals surface area contributed by atoms with E-state index < -0.39 is 0 Å². The normalized spacial score (nSPS) is 24.1. The summed E-state index contributed by atoms with van der Waals surface area (Å²) < 4.78 is 5.48. The SMILES string of the molecule is CCOC1CC(NOCc2ccccc2)C1. The van der Waals surface area contributed by atoms with Crippen LogP contribution in [0.4, 0.5) is 0 Å². The summed E-state index contributed by atoms with van der Waals surface area (Å²) in [5, 5.41) is 0. The number of hydrogen-bond acceptors (Lipinski definition) is 3. The first-order valence-corrected chi connectivity index (χ1v) is 5.91. The Morgan fingerprint density at radius 3 is 2.69 bits per heavy atom. The van der Waals surface area contributed by atoms with Crippen LogP contribution in [0.5, 0.6) is 0 Å².